The highest BCUT2D eigenvalue weighted by molar-refractivity contribution is 14.0. The second-order valence-corrected chi connectivity index (χ2v) is 6.21. The van der Waals surface area contributed by atoms with E-state index < -0.39 is 0 Å². The Balaban J connectivity index is 0.00000192. The first-order chi connectivity index (χ1) is 10.8. The van der Waals surface area contributed by atoms with Crippen LogP contribution in [-0.2, 0) is 13.1 Å². The van der Waals surface area contributed by atoms with E-state index in [-0.39, 0.29) is 24.0 Å². The number of fused-ring (bicyclic) bond motifs is 1. The molecule has 0 aromatic carbocycles. The molecule has 0 aliphatic heterocycles. The number of pyridine rings is 1. The number of aliphatic imine (C=N–C) groups is 1. The highest BCUT2D eigenvalue weighted by Crippen LogP contribution is 2.14. The molecule has 0 bridgehead atoms. The molecule has 0 spiro atoms. The third-order valence-electron chi connectivity index (χ3n) is 3.25. The number of hydrogen-bond donors (Lipinski definition) is 2. The second kappa shape index (κ2) is 8.25. The van der Waals surface area contributed by atoms with Gasteiger partial charge in [0.2, 0.25) is 0 Å². The van der Waals surface area contributed by atoms with Crippen LogP contribution in [0.25, 0.3) is 5.65 Å². The fourth-order valence-electron chi connectivity index (χ4n) is 2.15. The van der Waals surface area contributed by atoms with Gasteiger partial charge < -0.3 is 10.6 Å². The summed E-state index contributed by atoms with van der Waals surface area (Å²) >= 11 is 1.79. The minimum Gasteiger partial charge on any atom is -0.352 e. The molecule has 6 nitrogen and oxygen atoms in total. The van der Waals surface area contributed by atoms with Crippen LogP contribution in [0, 0.1) is 6.92 Å². The first kappa shape index (κ1) is 17.7. The van der Waals surface area contributed by atoms with E-state index in [1.807, 2.05) is 28.8 Å². The number of guanidine groups is 1. The average Bonchev–Trinajstić information content (AvgIpc) is 3.14. The van der Waals surface area contributed by atoms with Gasteiger partial charge in [-0.25, -0.2) is 0 Å². The number of nitrogens with one attached hydrogen (secondary N) is 2. The van der Waals surface area contributed by atoms with Gasteiger partial charge in [-0.15, -0.1) is 45.5 Å². The van der Waals surface area contributed by atoms with E-state index in [9.17, 15) is 0 Å². The van der Waals surface area contributed by atoms with Gasteiger partial charge in [0.05, 0.1) is 13.1 Å². The molecule has 0 radical (unpaired) electrons. The van der Waals surface area contributed by atoms with E-state index in [2.05, 4.69) is 44.9 Å². The lowest BCUT2D eigenvalue weighted by Gasteiger charge is -2.10. The Bertz CT molecular complexity index is 794. The zero-order valence-electron chi connectivity index (χ0n) is 13.0. The number of halogens is 1. The Morgan fingerprint density at radius 1 is 1.17 bits per heavy atom. The quantitative estimate of drug-likeness (QED) is 0.371. The SMILES string of the molecule is CN=C(NCc1ccc(C)s1)NCc1nnc2ccccn12.I. The standard InChI is InChI=1S/C15H18N6S.HI/c1-11-6-7-12(22-11)9-17-15(16-2)18-10-14-20-19-13-5-3-4-8-21(13)14;/h3-8H,9-10H2,1-2H3,(H2,16,17,18);1H. The van der Waals surface area contributed by atoms with Crippen LogP contribution in [0.2, 0.25) is 0 Å². The molecule has 3 aromatic rings. The Kier molecular flexibility index (Phi) is 6.34. The molecule has 0 unspecified atom stereocenters. The van der Waals surface area contributed by atoms with Crippen molar-refractivity contribution in [3.05, 3.63) is 52.1 Å². The topological polar surface area (TPSA) is 66.6 Å². The van der Waals surface area contributed by atoms with Crippen molar-refractivity contribution in [3.8, 4) is 0 Å². The van der Waals surface area contributed by atoms with E-state index in [1.165, 1.54) is 9.75 Å². The van der Waals surface area contributed by atoms with Crippen LogP contribution in [0.1, 0.15) is 15.6 Å². The van der Waals surface area contributed by atoms with Gasteiger partial charge in [-0.3, -0.25) is 9.39 Å². The van der Waals surface area contributed by atoms with Crippen molar-refractivity contribution in [3.63, 3.8) is 0 Å². The lowest BCUT2D eigenvalue weighted by atomic mass is 10.4. The Morgan fingerprint density at radius 2 is 2.00 bits per heavy atom. The molecule has 0 saturated carbocycles. The van der Waals surface area contributed by atoms with Gasteiger partial charge in [0, 0.05) is 23.0 Å². The fourth-order valence-corrected chi connectivity index (χ4v) is 2.98. The highest BCUT2D eigenvalue weighted by atomic mass is 127. The molecule has 2 N–H and O–H groups in total. The maximum Gasteiger partial charge on any atom is 0.191 e. The molecular weight excluding hydrogens is 423 g/mol. The summed E-state index contributed by atoms with van der Waals surface area (Å²) in [4.78, 5) is 6.83. The first-order valence-electron chi connectivity index (χ1n) is 7.05. The summed E-state index contributed by atoms with van der Waals surface area (Å²) in [6.45, 7) is 3.44. The van der Waals surface area contributed by atoms with Crippen molar-refractivity contribution >= 4 is 46.9 Å². The Hall–Kier alpha value is -1.68. The van der Waals surface area contributed by atoms with Crippen molar-refractivity contribution in [1.29, 1.82) is 0 Å². The largest absolute Gasteiger partial charge is 0.352 e. The molecule has 0 amide bonds. The van der Waals surface area contributed by atoms with Crippen LogP contribution in [0.3, 0.4) is 0 Å². The van der Waals surface area contributed by atoms with Crippen LogP contribution in [-0.4, -0.2) is 27.6 Å². The summed E-state index contributed by atoms with van der Waals surface area (Å²) in [5, 5.41) is 14.9. The minimum absolute atomic E-state index is 0. The van der Waals surface area contributed by atoms with Gasteiger partial charge in [-0.2, -0.15) is 0 Å². The lowest BCUT2D eigenvalue weighted by molar-refractivity contribution is 0.765. The second-order valence-electron chi connectivity index (χ2n) is 4.84. The fraction of sp³-hybridized carbons (Fsp3) is 0.267. The van der Waals surface area contributed by atoms with E-state index in [0.717, 1.165) is 24.0 Å². The minimum atomic E-state index is 0. The van der Waals surface area contributed by atoms with Crippen molar-refractivity contribution in [2.45, 2.75) is 20.0 Å². The zero-order chi connectivity index (χ0) is 15.4. The van der Waals surface area contributed by atoms with Gasteiger partial charge in [0.25, 0.3) is 0 Å². The van der Waals surface area contributed by atoms with Crippen LogP contribution in [0.4, 0.5) is 0 Å². The van der Waals surface area contributed by atoms with E-state index >= 15 is 0 Å². The summed E-state index contributed by atoms with van der Waals surface area (Å²) in [6.07, 6.45) is 1.96. The average molecular weight is 442 g/mol. The zero-order valence-corrected chi connectivity index (χ0v) is 16.1. The summed E-state index contributed by atoms with van der Waals surface area (Å²) in [5.41, 5.74) is 0.844. The van der Waals surface area contributed by atoms with Crippen LogP contribution in [0.5, 0.6) is 0 Å². The molecular formula is C15H19IN6S. The summed E-state index contributed by atoms with van der Waals surface area (Å²) in [6, 6.07) is 10.1. The predicted octanol–water partition coefficient (Wildman–Crippen LogP) is 2.58. The van der Waals surface area contributed by atoms with Crippen LogP contribution >= 0.6 is 35.3 Å². The predicted molar refractivity (Wildman–Crippen MR) is 104 cm³/mol. The molecule has 23 heavy (non-hydrogen) atoms. The summed E-state index contributed by atoms with van der Waals surface area (Å²) in [7, 11) is 1.76. The molecule has 0 aliphatic carbocycles. The van der Waals surface area contributed by atoms with Crippen molar-refractivity contribution in [2.75, 3.05) is 7.05 Å². The van der Waals surface area contributed by atoms with Gasteiger partial charge in [-0.05, 0) is 31.2 Å². The summed E-state index contributed by atoms with van der Waals surface area (Å²) in [5.74, 6) is 1.60. The van der Waals surface area contributed by atoms with Gasteiger partial charge in [0.15, 0.2) is 17.4 Å². The number of aromatic nitrogens is 3. The number of hydrogen-bond acceptors (Lipinski definition) is 4. The summed E-state index contributed by atoms with van der Waals surface area (Å²) < 4.78 is 1.96. The van der Waals surface area contributed by atoms with Crippen LogP contribution in [0.15, 0.2) is 41.5 Å². The molecule has 0 atom stereocenters. The monoisotopic (exact) mass is 442 g/mol. The first-order valence-corrected chi connectivity index (χ1v) is 7.86. The maximum atomic E-state index is 4.23. The molecule has 122 valence electrons. The highest BCUT2D eigenvalue weighted by Gasteiger charge is 2.06. The molecule has 3 rings (SSSR count). The number of rotatable bonds is 4. The van der Waals surface area contributed by atoms with Crippen LogP contribution < -0.4 is 10.6 Å². The molecule has 3 aromatic heterocycles. The lowest BCUT2D eigenvalue weighted by Crippen LogP contribution is -2.36. The van der Waals surface area contributed by atoms with Gasteiger partial charge in [0.1, 0.15) is 0 Å². The third-order valence-corrected chi connectivity index (χ3v) is 4.25. The molecule has 3 heterocycles. The Morgan fingerprint density at radius 3 is 2.74 bits per heavy atom. The van der Waals surface area contributed by atoms with E-state index in [4.69, 9.17) is 0 Å². The van der Waals surface area contributed by atoms with Crippen molar-refractivity contribution < 1.29 is 0 Å². The van der Waals surface area contributed by atoms with E-state index in [1.54, 1.807) is 18.4 Å². The third kappa shape index (κ3) is 4.41. The van der Waals surface area contributed by atoms with Gasteiger partial charge in [-0.1, -0.05) is 6.07 Å². The number of nitrogens with zero attached hydrogens (tertiary/aromatic N) is 4. The smallest absolute Gasteiger partial charge is 0.191 e. The van der Waals surface area contributed by atoms with Gasteiger partial charge >= 0.3 is 0 Å². The Labute approximate surface area is 156 Å². The number of thiophene rings is 1. The molecule has 8 heteroatoms. The molecule has 0 aliphatic rings. The van der Waals surface area contributed by atoms with Crippen molar-refractivity contribution in [2.24, 2.45) is 4.99 Å². The van der Waals surface area contributed by atoms with Crippen molar-refractivity contribution in [1.82, 2.24) is 25.2 Å². The normalized spacial score (nSPS) is 11.3. The maximum absolute atomic E-state index is 4.23. The molecule has 0 saturated heterocycles. The van der Waals surface area contributed by atoms with E-state index in [0.29, 0.717) is 6.54 Å². The number of aryl methyl sites for hydroxylation is 1. The molecule has 0 fully saturated rings.